The molecule has 0 bridgehead atoms. The minimum absolute atomic E-state index is 0.203. The molecule has 5 heteroatoms. The molecule has 0 N–H and O–H groups in total. The lowest BCUT2D eigenvalue weighted by Crippen LogP contribution is -1.90. The van der Waals surface area contributed by atoms with Gasteiger partial charge in [0.1, 0.15) is 11.6 Å². The third kappa shape index (κ3) is 1.61. The highest BCUT2D eigenvalue weighted by Gasteiger charge is 2.17. The lowest BCUT2D eigenvalue weighted by molar-refractivity contribution is 0.418. The minimum atomic E-state index is -0.416. The Bertz CT molecular complexity index is 618. The van der Waals surface area contributed by atoms with E-state index in [1.54, 1.807) is 24.3 Å². The normalized spacial score (nSPS) is 10.6. The topological polar surface area (TPSA) is 52.1 Å². The first-order valence-corrected chi connectivity index (χ1v) is 4.95. The highest BCUT2D eigenvalue weighted by atomic mass is 19.1. The second kappa shape index (κ2) is 3.86. The number of benzene rings is 1. The van der Waals surface area contributed by atoms with Gasteiger partial charge in [-0.25, -0.2) is 4.39 Å². The summed E-state index contributed by atoms with van der Waals surface area (Å²) in [5.74, 6) is 0.346. The van der Waals surface area contributed by atoms with E-state index in [0.717, 1.165) is 6.39 Å². The van der Waals surface area contributed by atoms with E-state index in [9.17, 15) is 4.39 Å². The largest absolute Gasteiger partial charge is 0.464 e. The fourth-order valence-electron chi connectivity index (χ4n) is 1.67. The monoisotopic (exact) mass is 230 g/mol. The number of halogens is 1. The highest BCUT2D eigenvalue weighted by Crippen LogP contribution is 2.32. The second-order valence-corrected chi connectivity index (χ2v) is 3.39. The van der Waals surface area contributed by atoms with E-state index in [-0.39, 0.29) is 11.4 Å². The fraction of sp³-hybridized carbons (Fsp3) is 0. The summed E-state index contributed by atoms with van der Waals surface area (Å²) in [4.78, 5) is 3.86. The quantitative estimate of drug-likeness (QED) is 0.678. The van der Waals surface area contributed by atoms with E-state index in [2.05, 4.69) is 14.7 Å². The SMILES string of the molecule is Fc1cccc(-c2ccco2)c1-c1ncon1. The van der Waals surface area contributed by atoms with Crippen LogP contribution >= 0.6 is 0 Å². The van der Waals surface area contributed by atoms with Gasteiger partial charge < -0.3 is 8.94 Å². The van der Waals surface area contributed by atoms with Gasteiger partial charge in [0.2, 0.25) is 12.2 Å². The zero-order valence-electron chi connectivity index (χ0n) is 8.63. The van der Waals surface area contributed by atoms with Gasteiger partial charge in [0, 0.05) is 5.56 Å². The number of nitrogens with zero attached hydrogens (tertiary/aromatic N) is 2. The molecular weight excluding hydrogens is 223 g/mol. The molecular formula is C12H7FN2O2. The molecule has 4 nitrogen and oxygen atoms in total. The van der Waals surface area contributed by atoms with E-state index in [4.69, 9.17) is 4.42 Å². The van der Waals surface area contributed by atoms with Crippen LogP contribution in [0.15, 0.2) is 51.9 Å². The van der Waals surface area contributed by atoms with Crippen LogP contribution in [0.25, 0.3) is 22.7 Å². The fourth-order valence-corrected chi connectivity index (χ4v) is 1.67. The van der Waals surface area contributed by atoms with Crippen molar-refractivity contribution in [3.63, 3.8) is 0 Å². The van der Waals surface area contributed by atoms with Gasteiger partial charge in [0.05, 0.1) is 11.8 Å². The van der Waals surface area contributed by atoms with Crippen molar-refractivity contribution in [1.29, 1.82) is 0 Å². The summed E-state index contributed by atoms with van der Waals surface area (Å²) >= 11 is 0. The molecule has 0 spiro atoms. The van der Waals surface area contributed by atoms with Gasteiger partial charge in [-0.1, -0.05) is 17.3 Å². The van der Waals surface area contributed by atoms with Crippen molar-refractivity contribution < 1.29 is 13.3 Å². The van der Waals surface area contributed by atoms with Crippen molar-refractivity contribution in [2.75, 3.05) is 0 Å². The van der Waals surface area contributed by atoms with Gasteiger partial charge in [-0.05, 0) is 18.2 Å². The predicted molar refractivity (Wildman–Crippen MR) is 57.4 cm³/mol. The van der Waals surface area contributed by atoms with Crippen LogP contribution in [0.5, 0.6) is 0 Å². The van der Waals surface area contributed by atoms with Crippen LogP contribution in [-0.4, -0.2) is 10.1 Å². The second-order valence-electron chi connectivity index (χ2n) is 3.39. The summed E-state index contributed by atoms with van der Waals surface area (Å²) in [5, 5.41) is 3.65. The van der Waals surface area contributed by atoms with Gasteiger partial charge in [-0.2, -0.15) is 4.98 Å². The Morgan fingerprint density at radius 1 is 1.12 bits per heavy atom. The predicted octanol–water partition coefficient (Wildman–Crippen LogP) is 3.14. The van der Waals surface area contributed by atoms with Crippen molar-refractivity contribution in [3.8, 4) is 22.7 Å². The third-order valence-corrected chi connectivity index (χ3v) is 2.39. The average Bonchev–Trinajstić information content (AvgIpc) is 3.02. The minimum Gasteiger partial charge on any atom is -0.464 e. The summed E-state index contributed by atoms with van der Waals surface area (Å²) in [7, 11) is 0. The van der Waals surface area contributed by atoms with E-state index < -0.39 is 5.82 Å². The summed E-state index contributed by atoms with van der Waals surface area (Å²) in [5.41, 5.74) is 0.868. The standard InChI is InChI=1S/C12H7FN2O2/c13-9-4-1-3-8(10-5-2-6-16-10)11(9)12-14-7-17-15-12/h1-7H. The number of hydrogen-bond donors (Lipinski definition) is 0. The van der Waals surface area contributed by atoms with Crippen LogP contribution in [0, 0.1) is 5.82 Å². The van der Waals surface area contributed by atoms with Crippen molar-refractivity contribution in [2.45, 2.75) is 0 Å². The Morgan fingerprint density at radius 2 is 2.06 bits per heavy atom. The highest BCUT2D eigenvalue weighted by molar-refractivity contribution is 5.78. The first-order chi connectivity index (χ1) is 8.36. The smallest absolute Gasteiger partial charge is 0.214 e. The number of furan rings is 1. The maximum absolute atomic E-state index is 13.8. The summed E-state index contributed by atoms with van der Waals surface area (Å²) in [6.45, 7) is 0. The molecule has 84 valence electrons. The molecule has 0 radical (unpaired) electrons. The molecule has 1 aromatic carbocycles. The Hall–Kier alpha value is -2.43. The lowest BCUT2D eigenvalue weighted by Gasteiger charge is -2.04. The first-order valence-electron chi connectivity index (χ1n) is 4.95. The van der Waals surface area contributed by atoms with Gasteiger partial charge in [-0.15, -0.1) is 0 Å². The number of rotatable bonds is 2. The summed E-state index contributed by atoms with van der Waals surface area (Å²) < 4.78 is 23.7. The molecule has 2 aromatic heterocycles. The molecule has 0 saturated carbocycles. The molecule has 0 atom stereocenters. The van der Waals surface area contributed by atoms with Crippen molar-refractivity contribution in [3.05, 3.63) is 48.8 Å². The molecule has 3 rings (SSSR count). The molecule has 0 aliphatic rings. The maximum atomic E-state index is 13.8. The summed E-state index contributed by atoms with van der Waals surface area (Å²) in [6.07, 6.45) is 2.69. The molecule has 0 aliphatic heterocycles. The van der Waals surface area contributed by atoms with Gasteiger partial charge in [-0.3, -0.25) is 0 Å². The Balaban J connectivity index is 2.26. The van der Waals surface area contributed by atoms with Crippen LogP contribution in [0.1, 0.15) is 0 Å². The van der Waals surface area contributed by atoms with Crippen molar-refractivity contribution >= 4 is 0 Å². The zero-order chi connectivity index (χ0) is 11.7. The number of hydrogen-bond acceptors (Lipinski definition) is 4. The zero-order valence-corrected chi connectivity index (χ0v) is 8.63. The lowest BCUT2D eigenvalue weighted by atomic mass is 10.0. The van der Waals surface area contributed by atoms with E-state index in [1.807, 2.05) is 0 Å². The first kappa shape index (κ1) is 9.77. The van der Waals surface area contributed by atoms with Crippen LogP contribution in [0.3, 0.4) is 0 Å². The van der Waals surface area contributed by atoms with E-state index in [1.165, 1.54) is 12.3 Å². The molecule has 17 heavy (non-hydrogen) atoms. The molecule has 0 fully saturated rings. The van der Waals surface area contributed by atoms with Gasteiger partial charge >= 0.3 is 0 Å². The van der Waals surface area contributed by atoms with Crippen molar-refractivity contribution in [2.24, 2.45) is 0 Å². The summed E-state index contributed by atoms with van der Waals surface area (Å²) in [6, 6.07) is 8.18. The molecule has 0 aliphatic carbocycles. The van der Waals surface area contributed by atoms with Crippen LogP contribution in [0.2, 0.25) is 0 Å². The average molecular weight is 230 g/mol. The molecule has 2 heterocycles. The van der Waals surface area contributed by atoms with Gasteiger partial charge in [0.15, 0.2) is 0 Å². The van der Waals surface area contributed by atoms with E-state index >= 15 is 0 Å². The molecule has 3 aromatic rings. The van der Waals surface area contributed by atoms with Crippen molar-refractivity contribution in [1.82, 2.24) is 10.1 Å². The molecule has 0 unspecified atom stereocenters. The van der Waals surface area contributed by atoms with Crippen LogP contribution in [0.4, 0.5) is 4.39 Å². The number of aromatic nitrogens is 2. The van der Waals surface area contributed by atoms with E-state index in [0.29, 0.717) is 11.3 Å². The van der Waals surface area contributed by atoms with Crippen LogP contribution in [-0.2, 0) is 0 Å². The van der Waals surface area contributed by atoms with Gasteiger partial charge in [0.25, 0.3) is 0 Å². The third-order valence-electron chi connectivity index (χ3n) is 2.39. The van der Waals surface area contributed by atoms with Crippen LogP contribution < -0.4 is 0 Å². The molecule has 0 amide bonds. The molecule has 0 saturated heterocycles. The maximum Gasteiger partial charge on any atom is 0.214 e. The Labute approximate surface area is 95.7 Å². The Kier molecular flexibility index (Phi) is 2.22. The Morgan fingerprint density at radius 3 is 2.76 bits per heavy atom.